The van der Waals surface area contributed by atoms with Crippen LogP contribution in [0, 0.1) is 11.6 Å². The summed E-state index contributed by atoms with van der Waals surface area (Å²) in [6.07, 6.45) is 0.990. The van der Waals surface area contributed by atoms with E-state index in [4.69, 9.17) is 4.74 Å². The summed E-state index contributed by atoms with van der Waals surface area (Å²) in [7, 11) is 1.83. The molecule has 0 radical (unpaired) electrons. The first-order valence-electron chi connectivity index (χ1n) is 6.97. The zero-order valence-corrected chi connectivity index (χ0v) is 12.2. The lowest BCUT2D eigenvalue weighted by Gasteiger charge is -2.18. The normalized spacial score (nSPS) is 12.2. The molecular formula is C17H19F2NO. The summed E-state index contributed by atoms with van der Waals surface area (Å²) >= 11 is 0. The van der Waals surface area contributed by atoms with E-state index in [2.05, 4.69) is 24.4 Å². The molecule has 2 nitrogen and oxygen atoms in total. The van der Waals surface area contributed by atoms with Crippen LogP contribution < -0.4 is 10.1 Å². The Labute approximate surface area is 123 Å². The number of hydrogen-bond donors (Lipinski definition) is 1. The van der Waals surface area contributed by atoms with Gasteiger partial charge in [-0.15, -0.1) is 0 Å². The number of halogens is 2. The van der Waals surface area contributed by atoms with Crippen molar-refractivity contribution in [1.82, 2.24) is 5.32 Å². The van der Waals surface area contributed by atoms with Crippen LogP contribution >= 0.6 is 0 Å². The van der Waals surface area contributed by atoms with E-state index in [1.807, 2.05) is 19.2 Å². The summed E-state index contributed by atoms with van der Waals surface area (Å²) in [5.41, 5.74) is 2.34. The number of nitrogens with one attached hydrogen (secondary N) is 1. The maximum atomic E-state index is 13.1. The van der Waals surface area contributed by atoms with Crippen molar-refractivity contribution in [2.24, 2.45) is 0 Å². The van der Waals surface area contributed by atoms with Crippen LogP contribution in [-0.4, -0.2) is 13.7 Å². The lowest BCUT2D eigenvalue weighted by molar-refractivity contribution is 0.270. The van der Waals surface area contributed by atoms with Gasteiger partial charge in [-0.2, -0.15) is 0 Å². The van der Waals surface area contributed by atoms with Gasteiger partial charge in [-0.05, 0) is 24.6 Å². The molecule has 0 aliphatic carbocycles. The minimum atomic E-state index is -0.640. The van der Waals surface area contributed by atoms with Gasteiger partial charge in [0.2, 0.25) is 0 Å². The van der Waals surface area contributed by atoms with Crippen molar-refractivity contribution in [1.29, 1.82) is 0 Å². The Kier molecular flexibility index (Phi) is 5.28. The molecule has 0 saturated heterocycles. The van der Waals surface area contributed by atoms with Crippen molar-refractivity contribution in [3.05, 3.63) is 65.2 Å². The smallest absolute Gasteiger partial charge is 0.129 e. The van der Waals surface area contributed by atoms with Gasteiger partial charge in [0.25, 0.3) is 0 Å². The van der Waals surface area contributed by atoms with Gasteiger partial charge < -0.3 is 10.1 Å². The number of rotatable bonds is 6. The van der Waals surface area contributed by atoms with Gasteiger partial charge >= 0.3 is 0 Å². The summed E-state index contributed by atoms with van der Waals surface area (Å²) < 4.78 is 31.7. The van der Waals surface area contributed by atoms with Crippen LogP contribution in [0.3, 0.4) is 0 Å². The SMILES string of the molecule is CCc1ccc(C(COc2cc(F)cc(F)c2)NC)cc1. The van der Waals surface area contributed by atoms with Crippen molar-refractivity contribution in [3.63, 3.8) is 0 Å². The molecule has 1 atom stereocenters. The second-order valence-electron chi connectivity index (χ2n) is 4.85. The average molecular weight is 291 g/mol. The maximum Gasteiger partial charge on any atom is 0.129 e. The first kappa shape index (κ1) is 15.4. The van der Waals surface area contributed by atoms with E-state index in [9.17, 15) is 8.78 Å². The highest BCUT2D eigenvalue weighted by molar-refractivity contribution is 5.26. The standard InChI is InChI=1S/C17H19F2NO/c1-3-12-4-6-13(7-5-12)17(20-2)11-21-16-9-14(18)8-15(19)10-16/h4-10,17,20H,3,11H2,1-2H3. The molecule has 0 spiro atoms. The van der Waals surface area contributed by atoms with Crippen molar-refractivity contribution in [3.8, 4) is 5.75 Å². The van der Waals surface area contributed by atoms with E-state index in [1.165, 1.54) is 17.7 Å². The van der Waals surface area contributed by atoms with Gasteiger partial charge in [0.15, 0.2) is 0 Å². The summed E-state index contributed by atoms with van der Waals surface area (Å²) in [5, 5.41) is 3.14. The number of ether oxygens (including phenoxy) is 1. The van der Waals surface area contributed by atoms with Gasteiger partial charge in [0.1, 0.15) is 24.0 Å². The van der Waals surface area contributed by atoms with Crippen LogP contribution in [0.15, 0.2) is 42.5 Å². The number of hydrogen-bond acceptors (Lipinski definition) is 2. The van der Waals surface area contributed by atoms with Crippen LogP contribution in [-0.2, 0) is 6.42 Å². The molecule has 0 aliphatic heterocycles. The summed E-state index contributed by atoms with van der Waals surface area (Å²) in [4.78, 5) is 0. The van der Waals surface area contributed by atoms with E-state index < -0.39 is 11.6 Å². The Hall–Kier alpha value is -1.94. The molecule has 4 heteroatoms. The third-order valence-electron chi connectivity index (χ3n) is 3.39. The first-order valence-corrected chi connectivity index (χ1v) is 6.97. The van der Waals surface area contributed by atoms with Crippen LogP contribution in [0.5, 0.6) is 5.75 Å². The lowest BCUT2D eigenvalue weighted by Crippen LogP contribution is -2.23. The van der Waals surface area contributed by atoms with Crippen molar-refractivity contribution >= 4 is 0 Å². The summed E-state index contributed by atoms with van der Waals surface area (Å²) in [6, 6.07) is 11.4. The quantitative estimate of drug-likeness (QED) is 0.872. The third kappa shape index (κ3) is 4.26. The van der Waals surface area contributed by atoms with Crippen LogP contribution in [0.4, 0.5) is 8.78 Å². The van der Waals surface area contributed by atoms with E-state index in [0.29, 0.717) is 6.61 Å². The third-order valence-corrected chi connectivity index (χ3v) is 3.39. The average Bonchev–Trinajstić information content (AvgIpc) is 2.47. The Balaban J connectivity index is 2.04. The monoisotopic (exact) mass is 291 g/mol. The molecule has 0 saturated carbocycles. The molecule has 2 aromatic rings. The molecule has 0 heterocycles. The van der Waals surface area contributed by atoms with Crippen LogP contribution in [0.1, 0.15) is 24.1 Å². The highest BCUT2D eigenvalue weighted by Crippen LogP contribution is 2.19. The van der Waals surface area contributed by atoms with E-state index in [0.717, 1.165) is 18.1 Å². The fourth-order valence-electron chi connectivity index (χ4n) is 2.12. The minimum Gasteiger partial charge on any atom is -0.491 e. The molecule has 0 aliphatic rings. The highest BCUT2D eigenvalue weighted by Gasteiger charge is 2.11. The molecular weight excluding hydrogens is 272 g/mol. The van der Waals surface area contributed by atoms with Gasteiger partial charge in [-0.3, -0.25) is 0 Å². The van der Waals surface area contributed by atoms with Crippen molar-refractivity contribution < 1.29 is 13.5 Å². The van der Waals surface area contributed by atoms with Gasteiger partial charge in [-0.1, -0.05) is 31.2 Å². The second kappa shape index (κ2) is 7.18. The Morgan fingerprint density at radius 2 is 1.67 bits per heavy atom. The number of likely N-dealkylation sites (N-methyl/N-ethyl adjacent to an activating group) is 1. The van der Waals surface area contributed by atoms with Crippen LogP contribution in [0.25, 0.3) is 0 Å². The number of aryl methyl sites for hydroxylation is 1. The Morgan fingerprint density at radius 3 is 2.19 bits per heavy atom. The molecule has 0 fully saturated rings. The lowest BCUT2D eigenvalue weighted by atomic mass is 10.0. The van der Waals surface area contributed by atoms with E-state index in [-0.39, 0.29) is 11.8 Å². The van der Waals surface area contributed by atoms with E-state index in [1.54, 1.807) is 0 Å². The molecule has 0 bridgehead atoms. The van der Waals surface area contributed by atoms with Gasteiger partial charge in [-0.25, -0.2) is 8.78 Å². The molecule has 2 aromatic carbocycles. The fraction of sp³-hybridized carbons (Fsp3) is 0.294. The van der Waals surface area contributed by atoms with Crippen molar-refractivity contribution in [2.75, 3.05) is 13.7 Å². The Bertz CT molecular complexity index is 564. The highest BCUT2D eigenvalue weighted by atomic mass is 19.1. The van der Waals surface area contributed by atoms with Gasteiger partial charge in [0.05, 0.1) is 6.04 Å². The zero-order valence-electron chi connectivity index (χ0n) is 12.2. The topological polar surface area (TPSA) is 21.3 Å². The molecule has 0 aromatic heterocycles. The fourth-order valence-corrected chi connectivity index (χ4v) is 2.12. The van der Waals surface area contributed by atoms with E-state index >= 15 is 0 Å². The maximum absolute atomic E-state index is 13.1. The molecule has 1 N–H and O–H groups in total. The molecule has 2 rings (SSSR count). The van der Waals surface area contributed by atoms with Crippen LogP contribution in [0.2, 0.25) is 0 Å². The predicted octanol–water partition coefficient (Wildman–Crippen LogP) is 3.87. The molecule has 112 valence electrons. The first-order chi connectivity index (χ1) is 10.1. The predicted molar refractivity (Wildman–Crippen MR) is 79.5 cm³/mol. The minimum absolute atomic E-state index is 0.0396. The molecule has 21 heavy (non-hydrogen) atoms. The van der Waals surface area contributed by atoms with Crippen molar-refractivity contribution in [2.45, 2.75) is 19.4 Å². The molecule has 0 amide bonds. The second-order valence-corrected chi connectivity index (χ2v) is 4.85. The number of benzene rings is 2. The Morgan fingerprint density at radius 1 is 1.05 bits per heavy atom. The zero-order chi connectivity index (χ0) is 15.2. The van der Waals surface area contributed by atoms with Gasteiger partial charge in [0, 0.05) is 18.2 Å². The largest absolute Gasteiger partial charge is 0.491 e. The summed E-state index contributed by atoms with van der Waals surface area (Å²) in [6.45, 7) is 2.40. The summed E-state index contributed by atoms with van der Waals surface area (Å²) in [5.74, 6) is -1.09. The molecule has 1 unspecified atom stereocenters.